The molecule has 4 N–H and O–H groups in total. The zero-order valence-corrected chi connectivity index (χ0v) is 13.9. The summed E-state index contributed by atoms with van der Waals surface area (Å²) in [5.74, 6) is 0. The van der Waals surface area contributed by atoms with Crippen molar-refractivity contribution in [1.82, 2.24) is 4.98 Å². The molecule has 3 heteroatoms. The summed E-state index contributed by atoms with van der Waals surface area (Å²) in [5, 5.41) is 3.09. The molecule has 0 atom stereocenters. The van der Waals surface area contributed by atoms with Gasteiger partial charge in [0.25, 0.3) is 0 Å². The molecule has 0 unspecified atom stereocenters. The second-order valence-corrected chi connectivity index (χ2v) is 6.17. The third-order valence-corrected chi connectivity index (χ3v) is 4.56. The molecule has 4 aromatic rings. The summed E-state index contributed by atoms with van der Waals surface area (Å²) in [6.45, 7) is 3.95. The lowest BCUT2D eigenvalue weighted by Gasteiger charge is -2.16. The number of anilines is 2. The van der Waals surface area contributed by atoms with Crippen LogP contribution in [-0.4, -0.2) is 4.98 Å². The highest BCUT2D eigenvalue weighted by molar-refractivity contribution is 6.14. The monoisotopic (exact) mass is 325 g/mol. The maximum atomic E-state index is 6.39. The molecule has 0 aliphatic rings. The molecule has 3 nitrogen and oxygen atoms in total. The minimum atomic E-state index is 0.718. The number of fused-ring (bicyclic) bond motifs is 3. The van der Waals surface area contributed by atoms with Crippen LogP contribution in [0, 0.1) is 0 Å². The highest BCUT2D eigenvalue weighted by Crippen LogP contribution is 2.38. The van der Waals surface area contributed by atoms with Crippen LogP contribution in [0.5, 0.6) is 0 Å². The minimum absolute atomic E-state index is 0.718. The highest BCUT2D eigenvalue weighted by Gasteiger charge is 2.15. The first-order valence-electron chi connectivity index (χ1n) is 8.24. The van der Waals surface area contributed by atoms with Gasteiger partial charge in [0.15, 0.2) is 0 Å². The van der Waals surface area contributed by atoms with Crippen molar-refractivity contribution >= 4 is 33.1 Å². The fourth-order valence-electron chi connectivity index (χ4n) is 3.44. The molecule has 0 aliphatic carbocycles. The molecule has 0 spiro atoms. The summed E-state index contributed by atoms with van der Waals surface area (Å²) in [6.07, 6.45) is 4.52. The number of nitrogens with two attached hydrogens (primary N) is 2. The Balaban J connectivity index is 2.21. The molecule has 4 rings (SSSR count). The first kappa shape index (κ1) is 15.2. The van der Waals surface area contributed by atoms with Crippen molar-refractivity contribution in [2.75, 3.05) is 11.5 Å². The number of hydrogen-bond donors (Lipinski definition) is 2. The van der Waals surface area contributed by atoms with Crippen molar-refractivity contribution in [1.29, 1.82) is 0 Å². The Kier molecular flexibility index (Phi) is 3.62. The van der Waals surface area contributed by atoms with Gasteiger partial charge in [-0.3, -0.25) is 4.98 Å². The minimum Gasteiger partial charge on any atom is -0.399 e. The normalized spacial score (nSPS) is 11.0. The van der Waals surface area contributed by atoms with Crippen molar-refractivity contribution < 1.29 is 0 Å². The Bertz CT molecular complexity index is 1100. The number of nitrogens with zero attached hydrogens (tertiary/aromatic N) is 1. The van der Waals surface area contributed by atoms with E-state index in [0.29, 0.717) is 0 Å². The molecule has 0 aliphatic heterocycles. The van der Waals surface area contributed by atoms with E-state index < -0.39 is 0 Å². The lowest BCUT2D eigenvalue weighted by atomic mass is 9.90. The van der Waals surface area contributed by atoms with Gasteiger partial charge in [0.05, 0.1) is 5.52 Å². The Morgan fingerprint density at radius 1 is 0.960 bits per heavy atom. The molecule has 0 bridgehead atoms. The van der Waals surface area contributed by atoms with Gasteiger partial charge in [0.1, 0.15) is 0 Å². The molecule has 1 heterocycles. The van der Waals surface area contributed by atoms with Gasteiger partial charge in [-0.05, 0) is 52.8 Å². The van der Waals surface area contributed by atoms with Crippen molar-refractivity contribution in [2.45, 2.75) is 6.42 Å². The fourth-order valence-corrected chi connectivity index (χ4v) is 3.44. The smallest absolute Gasteiger partial charge is 0.0710 e. The summed E-state index contributed by atoms with van der Waals surface area (Å²) in [5.41, 5.74) is 18.3. The van der Waals surface area contributed by atoms with Gasteiger partial charge in [-0.25, -0.2) is 0 Å². The molecule has 1 aromatic heterocycles. The van der Waals surface area contributed by atoms with Crippen LogP contribution >= 0.6 is 0 Å². The predicted molar refractivity (Wildman–Crippen MR) is 107 cm³/mol. The lowest BCUT2D eigenvalue weighted by molar-refractivity contribution is 1.31. The molecular weight excluding hydrogens is 306 g/mol. The second-order valence-electron chi connectivity index (χ2n) is 6.17. The maximum absolute atomic E-state index is 6.39. The predicted octanol–water partition coefficient (Wildman–Crippen LogP) is 4.95. The molecule has 3 aromatic carbocycles. The molecule has 122 valence electrons. The van der Waals surface area contributed by atoms with E-state index >= 15 is 0 Å². The van der Waals surface area contributed by atoms with Crippen LogP contribution in [0.4, 0.5) is 11.4 Å². The van der Waals surface area contributed by atoms with Crippen LogP contribution in [-0.2, 0) is 6.42 Å². The largest absolute Gasteiger partial charge is 0.399 e. The molecule has 0 saturated heterocycles. The number of pyridine rings is 1. The Morgan fingerprint density at radius 3 is 2.52 bits per heavy atom. The van der Waals surface area contributed by atoms with Crippen LogP contribution in [0.3, 0.4) is 0 Å². The van der Waals surface area contributed by atoms with Crippen molar-refractivity contribution in [3.63, 3.8) is 0 Å². The first-order chi connectivity index (χ1) is 12.2. The van der Waals surface area contributed by atoms with Gasteiger partial charge in [0, 0.05) is 28.3 Å². The van der Waals surface area contributed by atoms with Crippen LogP contribution in [0.2, 0.25) is 0 Å². The van der Waals surface area contributed by atoms with Gasteiger partial charge in [-0.1, -0.05) is 36.4 Å². The molecule has 0 saturated carbocycles. The van der Waals surface area contributed by atoms with Crippen LogP contribution in [0.15, 0.2) is 73.4 Å². The highest BCUT2D eigenvalue weighted by atomic mass is 14.7. The molecule has 25 heavy (non-hydrogen) atoms. The van der Waals surface area contributed by atoms with Crippen LogP contribution in [0.25, 0.3) is 32.8 Å². The second kappa shape index (κ2) is 5.95. The topological polar surface area (TPSA) is 64.9 Å². The van der Waals surface area contributed by atoms with Crippen molar-refractivity contribution in [2.24, 2.45) is 0 Å². The van der Waals surface area contributed by atoms with E-state index in [0.717, 1.165) is 50.6 Å². The van der Waals surface area contributed by atoms with E-state index in [9.17, 15) is 0 Å². The van der Waals surface area contributed by atoms with Crippen LogP contribution < -0.4 is 11.5 Å². The summed E-state index contributed by atoms with van der Waals surface area (Å²) >= 11 is 0. The Morgan fingerprint density at radius 2 is 1.76 bits per heavy atom. The quantitative estimate of drug-likeness (QED) is 0.318. The number of allylic oxidation sites excluding steroid dienone is 1. The zero-order chi connectivity index (χ0) is 17.4. The average molecular weight is 325 g/mol. The van der Waals surface area contributed by atoms with Gasteiger partial charge >= 0.3 is 0 Å². The lowest BCUT2D eigenvalue weighted by Crippen LogP contribution is -1.98. The summed E-state index contributed by atoms with van der Waals surface area (Å²) in [4.78, 5) is 4.55. The zero-order valence-electron chi connectivity index (χ0n) is 13.9. The molecule has 0 amide bonds. The van der Waals surface area contributed by atoms with E-state index in [1.165, 1.54) is 5.56 Å². The number of benzene rings is 3. The SMILES string of the molecule is C=CCc1c(-c2ccccc2)cc(N)c2cnc3ccc(N)cc3c12. The summed E-state index contributed by atoms with van der Waals surface area (Å²) in [7, 11) is 0. The third kappa shape index (κ3) is 2.50. The van der Waals surface area contributed by atoms with Gasteiger partial charge in [0.2, 0.25) is 0 Å². The van der Waals surface area contributed by atoms with E-state index in [4.69, 9.17) is 11.5 Å². The van der Waals surface area contributed by atoms with E-state index in [1.54, 1.807) is 0 Å². The number of aromatic nitrogens is 1. The molecule has 0 radical (unpaired) electrons. The standard InChI is InChI=1S/C22H19N3/c1-2-6-16-17(14-7-4-3-5-8-14)12-20(24)19-13-25-21-10-9-15(23)11-18(21)22(16)19/h2-5,7-13H,1,6,23-24H2. The van der Waals surface area contributed by atoms with E-state index in [-0.39, 0.29) is 0 Å². The summed E-state index contributed by atoms with van der Waals surface area (Å²) in [6, 6.07) is 18.1. The molecule has 0 fully saturated rings. The number of nitrogen functional groups attached to an aromatic ring is 2. The van der Waals surface area contributed by atoms with Crippen molar-refractivity contribution in [3.8, 4) is 11.1 Å². The van der Waals surface area contributed by atoms with E-state index in [1.807, 2.05) is 54.7 Å². The Hall–Kier alpha value is -3.33. The average Bonchev–Trinajstić information content (AvgIpc) is 2.64. The number of rotatable bonds is 3. The first-order valence-corrected chi connectivity index (χ1v) is 8.24. The maximum Gasteiger partial charge on any atom is 0.0710 e. The number of hydrogen-bond acceptors (Lipinski definition) is 3. The van der Waals surface area contributed by atoms with Gasteiger partial charge in [-0.15, -0.1) is 6.58 Å². The van der Waals surface area contributed by atoms with Gasteiger partial charge in [-0.2, -0.15) is 0 Å². The molecular formula is C22H19N3. The fraction of sp³-hybridized carbons (Fsp3) is 0.0455. The third-order valence-electron chi connectivity index (χ3n) is 4.56. The van der Waals surface area contributed by atoms with Crippen LogP contribution in [0.1, 0.15) is 5.56 Å². The Labute approximate surface area is 146 Å². The summed E-state index contributed by atoms with van der Waals surface area (Å²) < 4.78 is 0. The van der Waals surface area contributed by atoms with E-state index in [2.05, 4.69) is 23.7 Å². The van der Waals surface area contributed by atoms with Crippen molar-refractivity contribution in [3.05, 3.63) is 79.0 Å². The van der Waals surface area contributed by atoms with Gasteiger partial charge < -0.3 is 11.5 Å².